The average Bonchev–Trinajstić information content (AvgIpc) is 0.811. The van der Waals surface area contributed by atoms with Crippen molar-refractivity contribution < 1.29 is 15.5 Å². The molecule has 0 aliphatic heterocycles. The molecule has 0 aromatic rings. The van der Waals surface area contributed by atoms with Gasteiger partial charge in [0, 0.05) is 0 Å². The minimum atomic E-state index is -3.61. The Balaban J connectivity index is -0.0000000450. The van der Waals surface area contributed by atoms with Crippen LogP contribution in [0, 0.1) is 0 Å². The first kappa shape index (κ1) is 15.7. The van der Waals surface area contributed by atoms with E-state index in [0.717, 1.165) is 0 Å². The SMILES string of the molecule is O.O=[Te](O)O.[KH]. The van der Waals surface area contributed by atoms with Gasteiger partial charge in [0.15, 0.2) is 0 Å². The van der Waals surface area contributed by atoms with E-state index in [1.807, 2.05) is 0 Å². The second-order valence-electron chi connectivity index (χ2n) is 0.231. The molecule has 0 heterocycles. The van der Waals surface area contributed by atoms with Gasteiger partial charge < -0.3 is 5.48 Å². The van der Waals surface area contributed by atoms with Crippen molar-refractivity contribution >= 4 is 71.7 Å². The molecule has 0 unspecified atom stereocenters. The molecule has 4 nitrogen and oxygen atoms in total. The Morgan fingerprint density at radius 3 is 1.33 bits per heavy atom. The van der Waals surface area contributed by atoms with Crippen LogP contribution >= 0.6 is 0 Å². The van der Waals surface area contributed by atoms with Gasteiger partial charge in [-0.2, -0.15) is 0 Å². The second kappa shape index (κ2) is 10.2. The molecule has 0 atom stereocenters. The van der Waals surface area contributed by atoms with Crippen molar-refractivity contribution in [2.75, 3.05) is 0 Å². The third-order valence-corrected chi connectivity index (χ3v) is 0. The number of hydrogen-bond donors (Lipinski definition) is 2. The Morgan fingerprint density at radius 1 is 1.33 bits per heavy atom. The van der Waals surface area contributed by atoms with Crippen LogP contribution in [0.1, 0.15) is 0 Å². The molecule has 0 saturated carbocycles. The Labute approximate surface area is 85.4 Å². The van der Waals surface area contributed by atoms with Gasteiger partial charge in [0.1, 0.15) is 0 Å². The molecule has 0 saturated heterocycles. The normalized spacial score (nSPS) is 5.83. The van der Waals surface area contributed by atoms with E-state index in [2.05, 4.69) is 0 Å². The number of hydrogen-bond acceptors (Lipinski definition) is 1. The summed E-state index contributed by atoms with van der Waals surface area (Å²) in [5.74, 6) is 0. The quantitative estimate of drug-likeness (QED) is 0.437. The summed E-state index contributed by atoms with van der Waals surface area (Å²) < 4.78 is 23.3. The van der Waals surface area contributed by atoms with E-state index in [1.165, 1.54) is 0 Å². The molecular formula is H5KO4Te. The van der Waals surface area contributed by atoms with Crippen LogP contribution in [0.5, 0.6) is 0 Å². The van der Waals surface area contributed by atoms with E-state index in [4.69, 9.17) is 10.0 Å². The topological polar surface area (TPSA) is 89.0 Å². The molecule has 0 aromatic carbocycles. The zero-order valence-electron chi connectivity index (χ0n) is 2.21. The molecule has 0 aliphatic rings. The molecule has 0 aliphatic carbocycles. The molecule has 0 amide bonds. The van der Waals surface area contributed by atoms with Crippen LogP contribution in [0.3, 0.4) is 0 Å². The van der Waals surface area contributed by atoms with E-state index in [-0.39, 0.29) is 56.9 Å². The summed E-state index contributed by atoms with van der Waals surface area (Å²) in [4.78, 5) is 0. The van der Waals surface area contributed by atoms with Gasteiger partial charge in [-0.1, -0.05) is 0 Å². The molecule has 4 N–H and O–H groups in total. The summed E-state index contributed by atoms with van der Waals surface area (Å²) in [5.41, 5.74) is 0. The summed E-state index contributed by atoms with van der Waals surface area (Å²) in [6.45, 7) is 0. The molecule has 6 heavy (non-hydrogen) atoms. The Kier molecular flexibility index (Phi) is 26.6. The second-order valence-corrected chi connectivity index (χ2v) is 1.55. The van der Waals surface area contributed by atoms with E-state index >= 15 is 0 Å². The summed E-state index contributed by atoms with van der Waals surface area (Å²) in [5, 5.41) is 0. The summed E-state index contributed by atoms with van der Waals surface area (Å²) in [7, 11) is 0. The van der Waals surface area contributed by atoms with Gasteiger partial charge in [-0.15, -0.1) is 0 Å². The Bertz CT molecular complexity index is 30.5. The predicted octanol–water partition coefficient (Wildman–Crippen LogP) is -3.09. The first-order valence-corrected chi connectivity index (χ1v) is 3.57. The van der Waals surface area contributed by atoms with Crippen LogP contribution in [0.25, 0.3) is 0 Å². The van der Waals surface area contributed by atoms with Gasteiger partial charge in [-0.05, 0) is 0 Å². The van der Waals surface area contributed by atoms with Crippen LogP contribution in [0.2, 0.25) is 0 Å². The van der Waals surface area contributed by atoms with E-state index in [1.54, 1.807) is 0 Å². The maximum absolute atomic E-state index is 8.81. The molecule has 36 valence electrons. The van der Waals surface area contributed by atoms with Crippen molar-refractivity contribution in [3.63, 3.8) is 0 Å². The molecule has 6 heteroatoms. The minimum absolute atomic E-state index is 0. The fraction of sp³-hybridized carbons (Fsp3) is 0. The van der Waals surface area contributed by atoms with Crippen molar-refractivity contribution in [3.05, 3.63) is 0 Å². The standard InChI is InChI=1S/K.H2O3Te.H2O.H/c;1-4(2)3;;/h;(H2,1,2,3);1H2;. The first-order valence-electron chi connectivity index (χ1n) is 0.532. The van der Waals surface area contributed by atoms with Gasteiger partial charge in [-0.3, -0.25) is 0 Å². The van der Waals surface area contributed by atoms with Crippen LogP contribution in [-0.4, -0.2) is 84.2 Å². The van der Waals surface area contributed by atoms with Crippen molar-refractivity contribution in [1.29, 1.82) is 0 Å². The summed E-state index contributed by atoms with van der Waals surface area (Å²) in [6.07, 6.45) is 0. The van der Waals surface area contributed by atoms with Crippen molar-refractivity contribution in [3.8, 4) is 0 Å². The van der Waals surface area contributed by atoms with Crippen molar-refractivity contribution in [1.82, 2.24) is 0 Å². The maximum atomic E-state index is 8.81. The van der Waals surface area contributed by atoms with Crippen molar-refractivity contribution in [2.24, 2.45) is 0 Å². The predicted molar refractivity (Wildman–Crippen MR) is 21.6 cm³/mol. The van der Waals surface area contributed by atoms with E-state index in [0.29, 0.717) is 0 Å². The van der Waals surface area contributed by atoms with Crippen molar-refractivity contribution in [2.45, 2.75) is 0 Å². The molecule has 0 bridgehead atoms. The van der Waals surface area contributed by atoms with Gasteiger partial charge >= 0.3 is 81.8 Å². The Hall–Kier alpha value is 2.11. The Morgan fingerprint density at radius 2 is 1.33 bits per heavy atom. The molecule has 0 fully saturated rings. The average molecular weight is 236 g/mol. The monoisotopic (exact) mass is 238 g/mol. The third kappa shape index (κ3) is 35.9. The zero-order chi connectivity index (χ0) is 3.58. The zero-order valence-corrected chi connectivity index (χ0v) is 4.54. The van der Waals surface area contributed by atoms with E-state index < -0.39 is 20.4 Å². The fourth-order valence-corrected chi connectivity index (χ4v) is 0. The van der Waals surface area contributed by atoms with Gasteiger partial charge in [0.25, 0.3) is 0 Å². The summed E-state index contributed by atoms with van der Waals surface area (Å²) in [6, 6.07) is 0. The summed E-state index contributed by atoms with van der Waals surface area (Å²) >= 11 is -3.61. The van der Waals surface area contributed by atoms with Crippen LogP contribution in [-0.2, 0) is 3.10 Å². The molecule has 0 aromatic heterocycles. The van der Waals surface area contributed by atoms with Gasteiger partial charge in [0.2, 0.25) is 0 Å². The molecule has 0 spiro atoms. The molecule has 0 radical (unpaired) electrons. The van der Waals surface area contributed by atoms with Crippen LogP contribution < -0.4 is 0 Å². The van der Waals surface area contributed by atoms with Crippen LogP contribution in [0.15, 0.2) is 0 Å². The van der Waals surface area contributed by atoms with E-state index in [9.17, 15) is 0 Å². The molecule has 0 rings (SSSR count). The van der Waals surface area contributed by atoms with Gasteiger partial charge in [-0.25, -0.2) is 0 Å². The van der Waals surface area contributed by atoms with Crippen LogP contribution in [0.4, 0.5) is 0 Å². The molecular weight excluding hydrogens is 231 g/mol. The first-order chi connectivity index (χ1) is 1.73. The third-order valence-electron chi connectivity index (χ3n) is 0. The fourth-order valence-electron chi connectivity index (χ4n) is 0. The number of rotatable bonds is 0. The van der Waals surface area contributed by atoms with Gasteiger partial charge in [0.05, 0.1) is 0 Å².